The molecule has 1 aliphatic carbocycles. The van der Waals surface area contributed by atoms with Crippen molar-refractivity contribution in [1.29, 1.82) is 0 Å². The molecule has 33 heavy (non-hydrogen) atoms. The van der Waals surface area contributed by atoms with Gasteiger partial charge in [0.15, 0.2) is 0 Å². The maximum absolute atomic E-state index is 13.4. The molecule has 0 N–H and O–H groups in total. The Morgan fingerprint density at radius 2 is 2.00 bits per heavy atom. The molecule has 3 heterocycles. The molecule has 170 valence electrons. The molecule has 3 aromatic rings. The maximum atomic E-state index is 13.4. The number of aryl methyl sites for hydroxylation is 1. The molecule has 0 unspecified atom stereocenters. The second kappa shape index (κ2) is 9.43. The SMILES string of the molecule is CCC#CC(=O)N(c1ccc2nn(C3CCOCC3)cc2n1)c1cc(C)c(I)cc1C1CC1. The number of fused-ring (bicyclic) bond motifs is 1. The average molecular weight is 554 g/mol. The molecular formula is C26H27IN4O2. The minimum atomic E-state index is -0.247. The summed E-state index contributed by atoms with van der Waals surface area (Å²) in [6, 6.07) is 8.50. The summed E-state index contributed by atoms with van der Waals surface area (Å²) in [7, 11) is 0. The molecule has 1 aromatic carbocycles. The Balaban J connectivity index is 1.60. The first kappa shape index (κ1) is 22.4. The van der Waals surface area contributed by atoms with Crippen LogP contribution in [0.1, 0.15) is 62.1 Å². The van der Waals surface area contributed by atoms with Crippen LogP contribution in [0.15, 0.2) is 30.5 Å². The van der Waals surface area contributed by atoms with Crippen LogP contribution in [0.25, 0.3) is 11.0 Å². The summed E-state index contributed by atoms with van der Waals surface area (Å²) in [5.41, 5.74) is 4.87. The van der Waals surface area contributed by atoms with Crippen molar-refractivity contribution in [3.63, 3.8) is 0 Å². The van der Waals surface area contributed by atoms with Gasteiger partial charge in [-0.3, -0.25) is 14.4 Å². The predicted octanol–water partition coefficient (Wildman–Crippen LogP) is 5.65. The molecule has 0 atom stereocenters. The van der Waals surface area contributed by atoms with Crippen molar-refractivity contribution in [2.75, 3.05) is 18.1 Å². The average Bonchev–Trinajstić information content (AvgIpc) is 3.58. The van der Waals surface area contributed by atoms with Crippen LogP contribution in [-0.4, -0.2) is 33.9 Å². The first-order valence-electron chi connectivity index (χ1n) is 11.6. The van der Waals surface area contributed by atoms with E-state index in [2.05, 4.69) is 53.5 Å². The van der Waals surface area contributed by atoms with Gasteiger partial charge in [-0.2, -0.15) is 5.10 Å². The van der Waals surface area contributed by atoms with Crippen molar-refractivity contribution in [3.05, 3.63) is 45.2 Å². The van der Waals surface area contributed by atoms with Crippen molar-refractivity contribution in [2.45, 2.75) is 57.9 Å². The Bertz CT molecular complexity index is 1260. The number of carbonyl (C=O) groups excluding carboxylic acids is 1. The summed E-state index contributed by atoms with van der Waals surface area (Å²) in [5, 5.41) is 4.75. The van der Waals surface area contributed by atoms with E-state index in [0.717, 1.165) is 61.2 Å². The zero-order valence-corrected chi connectivity index (χ0v) is 21.1. The fourth-order valence-corrected chi connectivity index (χ4v) is 4.82. The van der Waals surface area contributed by atoms with E-state index in [1.807, 2.05) is 29.9 Å². The number of ether oxygens (including phenoxy) is 1. The van der Waals surface area contributed by atoms with Gasteiger partial charge in [0.25, 0.3) is 0 Å². The number of halogens is 1. The van der Waals surface area contributed by atoms with Gasteiger partial charge in [0.05, 0.1) is 17.9 Å². The summed E-state index contributed by atoms with van der Waals surface area (Å²) < 4.78 is 8.72. The van der Waals surface area contributed by atoms with Crippen LogP contribution < -0.4 is 4.90 Å². The molecule has 2 aromatic heterocycles. The van der Waals surface area contributed by atoms with Gasteiger partial charge in [-0.05, 0) is 102 Å². The number of carbonyl (C=O) groups is 1. The van der Waals surface area contributed by atoms with Gasteiger partial charge >= 0.3 is 5.91 Å². The highest BCUT2D eigenvalue weighted by Gasteiger charge is 2.31. The number of hydrogen-bond acceptors (Lipinski definition) is 4. The third-order valence-corrected chi connectivity index (χ3v) is 7.46. The lowest BCUT2D eigenvalue weighted by Gasteiger charge is -2.23. The quantitative estimate of drug-likeness (QED) is 0.309. The lowest BCUT2D eigenvalue weighted by Crippen LogP contribution is -2.26. The largest absolute Gasteiger partial charge is 0.381 e. The summed E-state index contributed by atoms with van der Waals surface area (Å²) in [6.45, 7) is 5.54. The van der Waals surface area contributed by atoms with E-state index < -0.39 is 0 Å². The lowest BCUT2D eigenvalue weighted by atomic mass is 10.0. The Morgan fingerprint density at radius 1 is 1.21 bits per heavy atom. The van der Waals surface area contributed by atoms with Crippen LogP contribution in [0.5, 0.6) is 0 Å². The van der Waals surface area contributed by atoms with Crippen molar-refractivity contribution in [3.8, 4) is 11.8 Å². The van der Waals surface area contributed by atoms with E-state index in [0.29, 0.717) is 24.2 Å². The number of pyridine rings is 1. The summed E-state index contributed by atoms with van der Waals surface area (Å²) in [4.78, 5) is 19.9. The first-order chi connectivity index (χ1) is 16.0. The molecule has 1 amide bonds. The predicted molar refractivity (Wildman–Crippen MR) is 138 cm³/mol. The van der Waals surface area contributed by atoms with Crippen LogP contribution in [0.4, 0.5) is 11.5 Å². The Labute approximate surface area is 207 Å². The molecular weight excluding hydrogens is 527 g/mol. The lowest BCUT2D eigenvalue weighted by molar-refractivity contribution is -0.112. The topological polar surface area (TPSA) is 60.2 Å². The molecule has 1 saturated heterocycles. The molecule has 0 bridgehead atoms. The van der Waals surface area contributed by atoms with E-state index in [-0.39, 0.29) is 5.91 Å². The van der Waals surface area contributed by atoms with Crippen LogP contribution in [-0.2, 0) is 9.53 Å². The van der Waals surface area contributed by atoms with Gasteiger partial charge in [-0.1, -0.05) is 12.8 Å². The van der Waals surface area contributed by atoms with Crippen LogP contribution in [0.3, 0.4) is 0 Å². The van der Waals surface area contributed by atoms with Gasteiger partial charge in [-0.25, -0.2) is 4.98 Å². The Hall–Kier alpha value is -2.44. The van der Waals surface area contributed by atoms with Gasteiger partial charge in [0.2, 0.25) is 0 Å². The summed E-state index contributed by atoms with van der Waals surface area (Å²) >= 11 is 2.37. The number of rotatable bonds is 4. The molecule has 7 heteroatoms. The standard InChI is InChI=1S/C26H27IN4O2/c1-3-4-5-26(32)31(24-14-17(2)21(27)15-20(24)18-6-7-18)25-9-8-22-23(28-25)16-30(29-22)19-10-12-33-13-11-19/h8-9,14-16,18-19H,3,6-7,10-13H2,1-2H3. The highest BCUT2D eigenvalue weighted by Crippen LogP contribution is 2.46. The number of anilines is 2. The number of benzene rings is 1. The molecule has 5 rings (SSSR count). The van der Waals surface area contributed by atoms with Gasteiger partial charge in [-0.15, -0.1) is 0 Å². The molecule has 2 fully saturated rings. The normalized spacial score (nSPS) is 16.5. The van der Waals surface area contributed by atoms with Gasteiger partial charge in [0, 0.05) is 23.2 Å². The van der Waals surface area contributed by atoms with E-state index in [4.69, 9.17) is 14.8 Å². The number of nitrogens with zero attached hydrogens (tertiary/aromatic N) is 4. The molecule has 0 radical (unpaired) electrons. The Morgan fingerprint density at radius 3 is 2.73 bits per heavy atom. The fraction of sp³-hybridized carbons (Fsp3) is 0.423. The number of aromatic nitrogens is 3. The summed E-state index contributed by atoms with van der Waals surface area (Å²) in [6.07, 6.45) is 6.83. The minimum Gasteiger partial charge on any atom is -0.381 e. The molecule has 0 spiro atoms. The van der Waals surface area contributed by atoms with E-state index in [9.17, 15) is 4.79 Å². The number of amides is 1. The fourth-order valence-electron chi connectivity index (χ4n) is 4.33. The highest BCUT2D eigenvalue weighted by molar-refractivity contribution is 14.1. The zero-order chi connectivity index (χ0) is 22.9. The molecule has 1 saturated carbocycles. The Kier molecular flexibility index (Phi) is 6.39. The first-order valence-corrected chi connectivity index (χ1v) is 12.7. The van der Waals surface area contributed by atoms with Crippen LogP contribution >= 0.6 is 22.6 Å². The van der Waals surface area contributed by atoms with Crippen molar-refractivity contribution in [2.24, 2.45) is 0 Å². The van der Waals surface area contributed by atoms with E-state index >= 15 is 0 Å². The van der Waals surface area contributed by atoms with Crippen LogP contribution in [0, 0.1) is 22.3 Å². The van der Waals surface area contributed by atoms with Crippen molar-refractivity contribution in [1.82, 2.24) is 14.8 Å². The van der Waals surface area contributed by atoms with Crippen LogP contribution in [0.2, 0.25) is 0 Å². The number of hydrogen-bond donors (Lipinski definition) is 0. The molecule has 6 nitrogen and oxygen atoms in total. The monoisotopic (exact) mass is 554 g/mol. The third-order valence-electron chi connectivity index (χ3n) is 6.30. The summed E-state index contributed by atoms with van der Waals surface area (Å²) in [5.74, 6) is 6.59. The zero-order valence-electron chi connectivity index (χ0n) is 19.0. The second-order valence-corrected chi connectivity index (χ2v) is 9.92. The maximum Gasteiger partial charge on any atom is 0.308 e. The molecule has 1 aliphatic heterocycles. The smallest absolute Gasteiger partial charge is 0.308 e. The van der Waals surface area contributed by atoms with Gasteiger partial charge < -0.3 is 4.74 Å². The minimum absolute atomic E-state index is 0.247. The van der Waals surface area contributed by atoms with E-state index in [1.165, 1.54) is 9.13 Å². The van der Waals surface area contributed by atoms with Crippen molar-refractivity contribution < 1.29 is 9.53 Å². The third kappa shape index (κ3) is 4.64. The highest BCUT2D eigenvalue weighted by atomic mass is 127. The second-order valence-electron chi connectivity index (χ2n) is 8.76. The van der Waals surface area contributed by atoms with Gasteiger partial charge in [0.1, 0.15) is 16.9 Å². The molecule has 2 aliphatic rings. The van der Waals surface area contributed by atoms with E-state index in [1.54, 1.807) is 4.90 Å². The van der Waals surface area contributed by atoms with Crippen molar-refractivity contribution >= 4 is 51.0 Å².